The summed E-state index contributed by atoms with van der Waals surface area (Å²) >= 11 is 0. The molecule has 0 atom stereocenters. The van der Waals surface area contributed by atoms with Gasteiger partial charge >= 0.3 is 0 Å². The zero-order valence-corrected chi connectivity index (χ0v) is 28.1. The van der Waals surface area contributed by atoms with E-state index in [-0.39, 0.29) is 5.41 Å². The Hall–Kier alpha value is -5.92. The Bertz CT molecular complexity index is 2500. The molecule has 0 fully saturated rings. The second-order valence-electron chi connectivity index (χ2n) is 13.9. The predicted octanol–water partition coefficient (Wildman–Crippen LogP) is 13.4. The van der Waals surface area contributed by atoms with Crippen LogP contribution < -0.4 is 4.90 Å². The molecule has 0 amide bonds. The van der Waals surface area contributed by atoms with E-state index < -0.39 is 0 Å². The molecule has 0 saturated heterocycles. The van der Waals surface area contributed by atoms with Crippen molar-refractivity contribution in [3.63, 3.8) is 0 Å². The van der Waals surface area contributed by atoms with Gasteiger partial charge in [-0.2, -0.15) is 0 Å². The van der Waals surface area contributed by atoms with Gasteiger partial charge < -0.3 is 4.90 Å². The van der Waals surface area contributed by atoms with Gasteiger partial charge in [-0.3, -0.25) is 0 Å². The third kappa shape index (κ3) is 4.85. The van der Waals surface area contributed by atoms with Gasteiger partial charge in [0, 0.05) is 22.5 Å². The average molecular weight is 628 g/mol. The van der Waals surface area contributed by atoms with Crippen molar-refractivity contribution in [3.8, 4) is 33.4 Å². The Balaban J connectivity index is 1.13. The van der Waals surface area contributed by atoms with Crippen LogP contribution in [0.2, 0.25) is 0 Å². The molecule has 0 spiro atoms. The smallest absolute Gasteiger partial charge is 0.0465 e. The third-order valence-corrected chi connectivity index (χ3v) is 10.5. The van der Waals surface area contributed by atoms with Crippen LogP contribution in [-0.4, -0.2) is 0 Å². The minimum atomic E-state index is -0.166. The lowest BCUT2D eigenvalue weighted by atomic mass is 9.81. The zero-order chi connectivity index (χ0) is 33.1. The van der Waals surface area contributed by atoms with Crippen LogP contribution >= 0.6 is 0 Å². The van der Waals surface area contributed by atoms with Crippen LogP contribution in [0, 0.1) is 6.92 Å². The molecule has 9 rings (SSSR count). The molecule has 0 N–H and O–H groups in total. The molecule has 0 bridgehead atoms. The molecular formula is C48H37N. The van der Waals surface area contributed by atoms with Crippen molar-refractivity contribution in [2.45, 2.75) is 26.2 Å². The van der Waals surface area contributed by atoms with E-state index in [0.29, 0.717) is 0 Å². The van der Waals surface area contributed by atoms with E-state index in [4.69, 9.17) is 0 Å². The lowest BCUT2D eigenvalue weighted by Gasteiger charge is -2.28. The Morgan fingerprint density at radius 1 is 0.388 bits per heavy atom. The average Bonchev–Trinajstić information content (AvgIpc) is 3.37. The molecule has 0 radical (unpaired) electrons. The van der Waals surface area contributed by atoms with Crippen LogP contribution in [0.3, 0.4) is 0 Å². The molecule has 8 aromatic rings. The quantitative estimate of drug-likeness (QED) is 0.172. The summed E-state index contributed by atoms with van der Waals surface area (Å²) in [4.78, 5) is 2.38. The molecule has 1 aliphatic rings. The van der Waals surface area contributed by atoms with Gasteiger partial charge in [0.1, 0.15) is 0 Å². The molecule has 0 unspecified atom stereocenters. The van der Waals surface area contributed by atoms with E-state index in [1.165, 1.54) is 71.6 Å². The fourth-order valence-electron chi connectivity index (χ4n) is 7.90. The molecule has 1 aliphatic carbocycles. The lowest BCUT2D eigenvalue weighted by Crippen LogP contribution is -2.16. The fourth-order valence-corrected chi connectivity index (χ4v) is 7.90. The fraction of sp³-hybridized carbons (Fsp3) is 0.0833. The topological polar surface area (TPSA) is 3.24 Å². The van der Waals surface area contributed by atoms with Crippen LogP contribution in [0.4, 0.5) is 17.1 Å². The number of aryl methyl sites for hydroxylation is 1. The standard InChI is InChI=1S/C48H37N/c1-32-17-19-33(20-18-32)34-21-24-38(25-22-34)49(37-12-5-4-6-13-37)39-26-28-44-43-27-23-36(30-46(43)48(2,3)47(44)31-39)45-29-35-11-7-8-14-40(35)41-15-9-10-16-42(41)45/h4-31H,1-3H3. The summed E-state index contributed by atoms with van der Waals surface area (Å²) in [7, 11) is 0. The van der Waals surface area contributed by atoms with Crippen molar-refractivity contribution in [1.82, 2.24) is 0 Å². The molecule has 0 heterocycles. The van der Waals surface area contributed by atoms with Crippen molar-refractivity contribution in [2.24, 2.45) is 0 Å². The van der Waals surface area contributed by atoms with E-state index in [1.807, 2.05) is 0 Å². The predicted molar refractivity (Wildman–Crippen MR) is 209 cm³/mol. The van der Waals surface area contributed by atoms with Crippen molar-refractivity contribution in [2.75, 3.05) is 4.90 Å². The highest BCUT2D eigenvalue weighted by Gasteiger charge is 2.36. The Morgan fingerprint density at radius 2 is 0.918 bits per heavy atom. The molecular weight excluding hydrogens is 591 g/mol. The van der Waals surface area contributed by atoms with E-state index in [2.05, 4.69) is 196 Å². The van der Waals surface area contributed by atoms with Gasteiger partial charge in [-0.15, -0.1) is 0 Å². The number of anilines is 3. The van der Waals surface area contributed by atoms with E-state index >= 15 is 0 Å². The number of nitrogens with zero attached hydrogens (tertiary/aromatic N) is 1. The number of para-hydroxylation sites is 1. The highest BCUT2D eigenvalue weighted by molar-refractivity contribution is 6.14. The second kappa shape index (κ2) is 11.4. The summed E-state index contributed by atoms with van der Waals surface area (Å²) in [6.45, 7) is 6.90. The lowest BCUT2D eigenvalue weighted by molar-refractivity contribution is 0.660. The van der Waals surface area contributed by atoms with Crippen molar-refractivity contribution in [3.05, 3.63) is 187 Å². The van der Waals surface area contributed by atoms with E-state index in [0.717, 1.165) is 17.1 Å². The van der Waals surface area contributed by atoms with Gasteiger partial charge in [-0.1, -0.05) is 141 Å². The summed E-state index contributed by atoms with van der Waals surface area (Å²) in [5.74, 6) is 0. The summed E-state index contributed by atoms with van der Waals surface area (Å²) in [6, 6.07) is 62.5. The van der Waals surface area contributed by atoms with Gasteiger partial charge in [0.25, 0.3) is 0 Å². The van der Waals surface area contributed by atoms with Crippen LogP contribution in [-0.2, 0) is 5.41 Å². The van der Waals surface area contributed by atoms with Crippen molar-refractivity contribution < 1.29 is 0 Å². The monoisotopic (exact) mass is 627 g/mol. The first-order chi connectivity index (χ1) is 24.0. The normalized spacial score (nSPS) is 13.0. The molecule has 1 heteroatoms. The van der Waals surface area contributed by atoms with Crippen molar-refractivity contribution >= 4 is 38.6 Å². The molecule has 0 aromatic heterocycles. The highest BCUT2D eigenvalue weighted by atomic mass is 15.1. The molecule has 1 nitrogen and oxygen atoms in total. The van der Waals surface area contributed by atoms with Gasteiger partial charge in [-0.25, -0.2) is 0 Å². The first-order valence-corrected chi connectivity index (χ1v) is 17.2. The maximum absolute atomic E-state index is 2.45. The van der Waals surface area contributed by atoms with E-state index in [9.17, 15) is 0 Å². The number of rotatable bonds is 5. The minimum absolute atomic E-state index is 0.166. The van der Waals surface area contributed by atoms with Crippen LogP contribution in [0.15, 0.2) is 170 Å². The molecule has 0 saturated carbocycles. The zero-order valence-electron chi connectivity index (χ0n) is 28.1. The van der Waals surface area contributed by atoms with Gasteiger partial charge in [0.05, 0.1) is 0 Å². The third-order valence-electron chi connectivity index (χ3n) is 10.5. The van der Waals surface area contributed by atoms with Gasteiger partial charge in [0.2, 0.25) is 0 Å². The minimum Gasteiger partial charge on any atom is -0.310 e. The maximum atomic E-state index is 2.45. The van der Waals surface area contributed by atoms with Crippen LogP contribution in [0.1, 0.15) is 30.5 Å². The molecule has 234 valence electrons. The summed E-state index contributed by atoms with van der Waals surface area (Å²) in [6.07, 6.45) is 0. The molecule has 49 heavy (non-hydrogen) atoms. The van der Waals surface area contributed by atoms with Gasteiger partial charge in [0.15, 0.2) is 0 Å². The molecule has 0 aliphatic heterocycles. The van der Waals surface area contributed by atoms with Crippen LogP contribution in [0.25, 0.3) is 54.9 Å². The largest absolute Gasteiger partial charge is 0.310 e. The first-order valence-electron chi connectivity index (χ1n) is 17.2. The SMILES string of the molecule is Cc1ccc(-c2ccc(N(c3ccccc3)c3ccc4c(c3)C(C)(C)c3cc(-c5cc6ccccc6c6ccccc56)ccc3-4)cc2)cc1. The summed E-state index contributed by atoms with van der Waals surface area (Å²) in [5.41, 5.74) is 14.9. The summed E-state index contributed by atoms with van der Waals surface area (Å²) in [5, 5.41) is 5.17. The Morgan fingerprint density at radius 3 is 1.65 bits per heavy atom. The maximum Gasteiger partial charge on any atom is 0.0465 e. The number of benzene rings is 8. The number of fused-ring (bicyclic) bond motifs is 6. The highest BCUT2D eigenvalue weighted by Crippen LogP contribution is 2.52. The first kappa shape index (κ1) is 29.2. The number of hydrogen-bond donors (Lipinski definition) is 0. The van der Waals surface area contributed by atoms with Crippen LogP contribution in [0.5, 0.6) is 0 Å². The summed E-state index contributed by atoms with van der Waals surface area (Å²) < 4.78 is 0. The second-order valence-corrected chi connectivity index (χ2v) is 13.9. The van der Waals surface area contributed by atoms with E-state index in [1.54, 1.807) is 0 Å². The van der Waals surface area contributed by atoms with Crippen molar-refractivity contribution in [1.29, 1.82) is 0 Å². The number of hydrogen-bond acceptors (Lipinski definition) is 1. The Labute approximate surface area is 288 Å². The molecule has 8 aromatic carbocycles. The van der Waals surface area contributed by atoms with Gasteiger partial charge in [-0.05, 0) is 122 Å². The Kier molecular flexibility index (Phi) is 6.78.